The van der Waals surface area contributed by atoms with E-state index in [4.69, 9.17) is 11.6 Å². The van der Waals surface area contributed by atoms with Crippen LogP contribution < -0.4 is 5.32 Å². The molecule has 0 aromatic heterocycles. The number of hydrogen-bond acceptors (Lipinski definition) is 1. The second-order valence-electron chi connectivity index (χ2n) is 4.31. The van der Waals surface area contributed by atoms with Crippen molar-refractivity contribution in [2.45, 2.75) is 70.6 Å². The highest BCUT2D eigenvalue weighted by molar-refractivity contribution is 6.20. The molecule has 0 fully saturated rings. The van der Waals surface area contributed by atoms with Gasteiger partial charge in [0.2, 0.25) is 0 Å². The smallest absolute Gasteiger partial charge is 0.0345 e. The molecule has 92 valence electrons. The van der Waals surface area contributed by atoms with Crippen molar-refractivity contribution in [3.63, 3.8) is 0 Å². The van der Waals surface area contributed by atoms with E-state index in [1.54, 1.807) is 0 Å². The molecule has 2 heteroatoms. The molecule has 1 unspecified atom stereocenters. The van der Waals surface area contributed by atoms with Gasteiger partial charge in [-0.1, -0.05) is 46.0 Å². The number of halogens is 1. The molecule has 15 heavy (non-hydrogen) atoms. The first-order valence-corrected chi connectivity index (χ1v) is 7.09. The minimum absolute atomic E-state index is 0.363. The molecule has 0 radical (unpaired) electrons. The Morgan fingerprint density at radius 3 is 2.27 bits per heavy atom. The first-order valence-electron chi connectivity index (χ1n) is 6.66. The van der Waals surface area contributed by atoms with Crippen molar-refractivity contribution in [3.05, 3.63) is 0 Å². The molecule has 0 bridgehead atoms. The van der Waals surface area contributed by atoms with Crippen molar-refractivity contribution in [2.75, 3.05) is 13.1 Å². The Bertz CT molecular complexity index is 117. The number of nitrogens with one attached hydrogen (secondary N) is 1. The third kappa shape index (κ3) is 12.2. The molecule has 0 heterocycles. The Morgan fingerprint density at radius 2 is 1.60 bits per heavy atom. The van der Waals surface area contributed by atoms with Gasteiger partial charge in [-0.2, -0.15) is 0 Å². The normalized spacial score (nSPS) is 13.0. The molecule has 0 aliphatic rings. The van der Waals surface area contributed by atoms with Gasteiger partial charge in [-0.3, -0.25) is 0 Å². The van der Waals surface area contributed by atoms with Crippen LogP contribution in [0, 0.1) is 0 Å². The van der Waals surface area contributed by atoms with Crippen LogP contribution in [0.5, 0.6) is 0 Å². The van der Waals surface area contributed by atoms with Crippen LogP contribution in [-0.4, -0.2) is 18.5 Å². The minimum atomic E-state index is 0.363. The van der Waals surface area contributed by atoms with E-state index in [1.165, 1.54) is 45.1 Å². The topological polar surface area (TPSA) is 12.0 Å². The molecule has 0 amide bonds. The number of alkyl halides is 1. The average molecular weight is 234 g/mol. The van der Waals surface area contributed by atoms with Crippen LogP contribution in [0.15, 0.2) is 0 Å². The van der Waals surface area contributed by atoms with E-state index in [0.717, 1.165) is 19.4 Å². The predicted molar refractivity (Wildman–Crippen MR) is 70.8 cm³/mol. The lowest BCUT2D eigenvalue weighted by Crippen LogP contribution is -2.19. The van der Waals surface area contributed by atoms with E-state index >= 15 is 0 Å². The zero-order valence-corrected chi connectivity index (χ0v) is 11.3. The molecule has 0 aliphatic carbocycles. The Balaban J connectivity index is 2.92. The zero-order chi connectivity index (χ0) is 11.4. The quantitative estimate of drug-likeness (QED) is 0.414. The van der Waals surface area contributed by atoms with Gasteiger partial charge in [0, 0.05) is 5.38 Å². The van der Waals surface area contributed by atoms with Crippen LogP contribution >= 0.6 is 11.6 Å². The van der Waals surface area contributed by atoms with E-state index in [-0.39, 0.29) is 0 Å². The van der Waals surface area contributed by atoms with Crippen molar-refractivity contribution in [1.82, 2.24) is 5.32 Å². The monoisotopic (exact) mass is 233 g/mol. The first kappa shape index (κ1) is 15.2. The lowest BCUT2D eigenvalue weighted by atomic mass is 10.1. The fraction of sp³-hybridized carbons (Fsp3) is 1.00. The van der Waals surface area contributed by atoms with Crippen molar-refractivity contribution < 1.29 is 0 Å². The summed E-state index contributed by atoms with van der Waals surface area (Å²) in [6, 6.07) is 0. The molecule has 0 spiro atoms. The van der Waals surface area contributed by atoms with E-state index in [2.05, 4.69) is 19.2 Å². The second kappa shape index (κ2) is 12.3. The molecule has 0 aliphatic heterocycles. The third-order valence-corrected chi connectivity index (χ3v) is 3.31. The van der Waals surface area contributed by atoms with Crippen LogP contribution in [0.25, 0.3) is 0 Å². The average Bonchev–Trinajstić information content (AvgIpc) is 2.26. The Hall–Kier alpha value is 0.250. The van der Waals surface area contributed by atoms with Gasteiger partial charge in [0.25, 0.3) is 0 Å². The van der Waals surface area contributed by atoms with Crippen molar-refractivity contribution in [3.8, 4) is 0 Å². The molecule has 0 aromatic carbocycles. The summed E-state index contributed by atoms with van der Waals surface area (Å²) in [4.78, 5) is 0. The fourth-order valence-corrected chi connectivity index (χ4v) is 1.73. The Kier molecular flexibility index (Phi) is 12.5. The Morgan fingerprint density at radius 1 is 0.933 bits per heavy atom. The minimum Gasteiger partial charge on any atom is -0.317 e. The molecule has 0 rings (SSSR count). The van der Waals surface area contributed by atoms with E-state index < -0.39 is 0 Å². The van der Waals surface area contributed by atoms with Gasteiger partial charge in [0.05, 0.1) is 0 Å². The molecular formula is C13H28ClN. The van der Waals surface area contributed by atoms with Gasteiger partial charge in [-0.25, -0.2) is 0 Å². The van der Waals surface area contributed by atoms with Gasteiger partial charge in [-0.05, 0) is 32.4 Å². The summed E-state index contributed by atoms with van der Waals surface area (Å²) < 4.78 is 0. The van der Waals surface area contributed by atoms with Gasteiger partial charge in [-0.15, -0.1) is 11.6 Å². The summed E-state index contributed by atoms with van der Waals surface area (Å²) in [5.41, 5.74) is 0. The molecule has 1 nitrogen and oxygen atoms in total. The standard InChI is InChI=1S/C13H28ClN/c1-3-5-6-7-8-9-11-15-12-10-13(14)4-2/h13,15H,3-12H2,1-2H3. The van der Waals surface area contributed by atoms with Crippen molar-refractivity contribution >= 4 is 11.6 Å². The number of unbranched alkanes of at least 4 members (excludes halogenated alkanes) is 5. The maximum absolute atomic E-state index is 6.02. The summed E-state index contributed by atoms with van der Waals surface area (Å²) in [6.07, 6.45) is 10.4. The molecular weight excluding hydrogens is 206 g/mol. The van der Waals surface area contributed by atoms with Crippen molar-refractivity contribution in [2.24, 2.45) is 0 Å². The third-order valence-electron chi connectivity index (χ3n) is 2.78. The predicted octanol–water partition coefficient (Wildman–Crippen LogP) is 4.34. The van der Waals surface area contributed by atoms with Crippen LogP contribution in [-0.2, 0) is 0 Å². The lowest BCUT2D eigenvalue weighted by Gasteiger charge is -2.07. The largest absolute Gasteiger partial charge is 0.317 e. The van der Waals surface area contributed by atoms with Crippen LogP contribution in [0.3, 0.4) is 0 Å². The highest BCUT2D eigenvalue weighted by Crippen LogP contribution is 2.05. The summed E-state index contributed by atoms with van der Waals surface area (Å²) in [7, 11) is 0. The van der Waals surface area contributed by atoms with Gasteiger partial charge in [0.15, 0.2) is 0 Å². The SMILES string of the molecule is CCCCCCCCNCCC(Cl)CC. The number of rotatable bonds is 11. The molecule has 0 saturated heterocycles. The zero-order valence-electron chi connectivity index (χ0n) is 10.5. The molecule has 1 atom stereocenters. The fourth-order valence-electron chi connectivity index (χ4n) is 1.62. The first-order chi connectivity index (χ1) is 7.31. The van der Waals surface area contributed by atoms with Gasteiger partial charge >= 0.3 is 0 Å². The summed E-state index contributed by atoms with van der Waals surface area (Å²) >= 11 is 6.02. The summed E-state index contributed by atoms with van der Waals surface area (Å²) in [6.45, 7) is 6.65. The second-order valence-corrected chi connectivity index (χ2v) is 4.93. The van der Waals surface area contributed by atoms with Crippen LogP contribution in [0.4, 0.5) is 0 Å². The maximum atomic E-state index is 6.02. The highest BCUT2D eigenvalue weighted by Gasteiger charge is 1.99. The van der Waals surface area contributed by atoms with E-state index in [9.17, 15) is 0 Å². The molecule has 0 aromatic rings. The lowest BCUT2D eigenvalue weighted by molar-refractivity contribution is 0.558. The van der Waals surface area contributed by atoms with E-state index in [0.29, 0.717) is 5.38 Å². The van der Waals surface area contributed by atoms with Crippen LogP contribution in [0.1, 0.15) is 65.2 Å². The summed E-state index contributed by atoms with van der Waals surface area (Å²) in [5, 5.41) is 3.82. The van der Waals surface area contributed by atoms with E-state index in [1.807, 2.05) is 0 Å². The maximum Gasteiger partial charge on any atom is 0.0345 e. The Labute approximate surface area is 101 Å². The molecule has 0 saturated carbocycles. The highest BCUT2D eigenvalue weighted by atomic mass is 35.5. The van der Waals surface area contributed by atoms with Crippen molar-refractivity contribution in [1.29, 1.82) is 0 Å². The van der Waals surface area contributed by atoms with Gasteiger partial charge in [0.1, 0.15) is 0 Å². The van der Waals surface area contributed by atoms with Gasteiger partial charge < -0.3 is 5.32 Å². The molecule has 1 N–H and O–H groups in total. The van der Waals surface area contributed by atoms with Crippen LogP contribution in [0.2, 0.25) is 0 Å². The summed E-state index contributed by atoms with van der Waals surface area (Å²) in [5.74, 6) is 0. The number of hydrogen-bond donors (Lipinski definition) is 1.